The Balaban J connectivity index is 1.30. The highest BCUT2D eigenvalue weighted by molar-refractivity contribution is 5.96. The highest BCUT2D eigenvalue weighted by atomic mass is 16.8. The second-order valence-corrected chi connectivity index (χ2v) is 18.2. The smallest absolute Gasteiger partial charge is 0.455 e. The minimum absolute atomic E-state index is 0.00952. The van der Waals surface area contributed by atoms with Crippen LogP contribution in [0, 0.1) is 16.7 Å². The Morgan fingerprint density at radius 2 is 1.58 bits per heavy atom. The topological polar surface area (TPSA) is 243 Å². The SMILES string of the molecule is CC(=O)O[C@H]1C(=O)[C@@]2(C)[C@H]([C@H](O)[C@]3(O)C[C@H](OC(=O)[C@H](OC(=O)OC[C@@H]4COC(C)(C)O4)[C@@H](NC(=O)c4ccccc4)c4ccccc4)C(C)=C1C3(C)C)[C@]1(O)CO[C@@H]1C[C@@H]2O. The van der Waals surface area contributed by atoms with E-state index in [1.165, 1.54) is 27.7 Å². The van der Waals surface area contributed by atoms with Crippen LogP contribution in [0.3, 0.4) is 0 Å². The van der Waals surface area contributed by atoms with Gasteiger partial charge in [0.2, 0.25) is 6.10 Å². The quantitative estimate of drug-likeness (QED) is 0.131. The molecule has 2 saturated carbocycles. The predicted molar refractivity (Wildman–Crippen MR) is 214 cm³/mol. The van der Waals surface area contributed by atoms with Gasteiger partial charge in [-0.3, -0.25) is 14.4 Å². The number of rotatable bonds is 10. The van der Waals surface area contributed by atoms with Gasteiger partial charge in [0.25, 0.3) is 5.91 Å². The normalized spacial score (nSPS) is 35.3. The largest absolute Gasteiger partial charge is 0.509 e. The molecule has 5 N–H and O–H groups in total. The number of Topliss-reactive ketones (excluding diaryl/α,β-unsaturated/α-hetero) is 1. The Morgan fingerprint density at radius 3 is 2.16 bits per heavy atom. The Morgan fingerprint density at radius 1 is 0.935 bits per heavy atom. The monoisotopic (exact) mass is 865 g/mol. The third kappa shape index (κ3) is 7.71. The van der Waals surface area contributed by atoms with Gasteiger partial charge >= 0.3 is 18.1 Å². The van der Waals surface area contributed by atoms with Gasteiger partial charge in [-0.25, -0.2) is 9.59 Å². The number of esters is 2. The van der Waals surface area contributed by atoms with Crippen LogP contribution >= 0.6 is 0 Å². The standard InChI is InChI=1S/C45H55NO16/c1-23-28(19-45(55)37(50)35-43(7,29(48)18-30-44(35,54)22-57-30)36(49)33(59-24(2)47)31(23)41(45,3)4)60-39(52)34(61-40(53)56-20-27-21-58-42(5,6)62-27)32(25-14-10-8-11-15-25)46-38(51)26-16-12-9-13-17-26/h8-17,27-30,32-35,37,48,50,54-55H,18-22H2,1-7H3,(H,46,51)/t27-,28+,29+,30-,32+,33-,34-,35+,37+,43-,44+,45-/m1/s1. The summed E-state index contributed by atoms with van der Waals surface area (Å²) in [6, 6.07) is 14.9. The van der Waals surface area contributed by atoms with E-state index in [4.69, 9.17) is 33.2 Å². The van der Waals surface area contributed by atoms with E-state index in [0.717, 1.165) is 6.92 Å². The van der Waals surface area contributed by atoms with E-state index in [0.29, 0.717) is 5.56 Å². The molecule has 3 aliphatic carbocycles. The Labute approximate surface area is 358 Å². The molecule has 2 saturated heterocycles. The van der Waals surface area contributed by atoms with Crippen LogP contribution in [-0.2, 0) is 47.5 Å². The summed E-state index contributed by atoms with van der Waals surface area (Å²) >= 11 is 0. The average molecular weight is 866 g/mol. The summed E-state index contributed by atoms with van der Waals surface area (Å²) in [6.07, 6.45) is -12.5. The molecule has 4 fully saturated rings. The fraction of sp³-hybridized carbons (Fsp3) is 0.578. The molecule has 17 nitrogen and oxygen atoms in total. The second kappa shape index (κ2) is 16.4. The van der Waals surface area contributed by atoms with Crippen molar-refractivity contribution in [2.75, 3.05) is 19.8 Å². The highest BCUT2D eigenvalue weighted by Crippen LogP contribution is 2.62. The summed E-state index contributed by atoms with van der Waals surface area (Å²) in [5.74, 6) is -6.11. The fourth-order valence-corrected chi connectivity index (χ4v) is 10.2. The maximum atomic E-state index is 15.0. The molecular weight excluding hydrogens is 810 g/mol. The van der Waals surface area contributed by atoms with E-state index in [9.17, 15) is 44.4 Å². The summed E-state index contributed by atoms with van der Waals surface area (Å²) in [6.45, 7) is 9.86. The Kier molecular flexibility index (Phi) is 12.0. The molecule has 12 atom stereocenters. The fourth-order valence-electron chi connectivity index (χ4n) is 10.2. The number of aliphatic hydroxyl groups is 4. The van der Waals surface area contributed by atoms with Crippen molar-refractivity contribution >= 4 is 29.8 Å². The Hall–Kier alpha value is -4.75. The van der Waals surface area contributed by atoms with Crippen LogP contribution in [0.2, 0.25) is 0 Å². The minimum Gasteiger partial charge on any atom is -0.455 e. The third-order valence-corrected chi connectivity index (χ3v) is 13.6. The summed E-state index contributed by atoms with van der Waals surface area (Å²) in [7, 11) is 0. The van der Waals surface area contributed by atoms with Crippen LogP contribution in [0.5, 0.6) is 0 Å². The van der Waals surface area contributed by atoms with E-state index in [-0.39, 0.29) is 43.0 Å². The molecule has 0 radical (unpaired) electrons. The van der Waals surface area contributed by atoms with Crippen molar-refractivity contribution in [2.45, 2.75) is 127 Å². The van der Waals surface area contributed by atoms with Crippen molar-refractivity contribution in [3.8, 4) is 0 Å². The number of carbonyl (C=O) groups excluding carboxylic acids is 5. The number of carbonyl (C=O) groups is 5. The second-order valence-electron chi connectivity index (χ2n) is 18.2. The Bertz CT molecular complexity index is 2110. The van der Waals surface area contributed by atoms with Crippen LogP contribution in [0.1, 0.15) is 83.3 Å². The molecule has 62 heavy (non-hydrogen) atoms. The average Bonchev–Trinajstić information content (AvgIpc) is 3.58. The molecular formula is C45H55NO16. The van der Waals surface area contributed by atoms with Gasteiger partial charge in [0.05, 0.1) is 36.9 Å². The highest BCUT2D eigenvalue weighted by Gasteiger charge is 2.75. The van der Waals surface area contributed by atoms with Gasteiger partial charge in [0.1, 0.15) is 36.1 Å². The maximum Gasteiger partial charge on any atom is 0.509 e. The lowest BCUT2D eigenvalue weighted by atomic mass is 9.45. The van der Waals surface area contributed by atoms with E-state index in [1.54, 1.807) is 74.5 Å². The lowest BCUT2D eigenvalue weighted by Crippen LogP contribution is -2.80. The summed E-state index contributed by atoms with van der Waals surface area (Å²) in [5, 5.41) is 52.0. The molecule has 5 aliphatic rings. The lowest BCUT2D eigenvalue weighted by molar-refractivity contribution is -0.344. The van der Waals surface area contributed by atoms with Gasteiger partial charge in [0.15, 0.2) is 17.7 Å². The van der Waals surface area contributed by atoms with Gasteiger partial charge < -0.3 is 58.9 Å². The molecule has 2 heterocycles. The molecule has 0 aromatic heterocycles. The molecule has 2 aliphatic heterocycles. The van der Waals surface area contributed by atoms with Crippen molar-refractivity contribution in [1.29, 1.82) is 0 Å². The van der Waals surface area contributed by atoms with Crippen LogP contribution in [0.4, 0.5) is 4.79 Å². The van der Waals surface area contributed by atoms with Gasteiger partial charge in [-0.15, -0.1) is 0 Å². The van der Waals surface area contributed by atoms with E-state index >= 15 is 0 Å². The number of hydrogen-bond acceptors (Lipinski definition) is 16. The van der Waals surface area contributed by atoms with Crippen molar-refractivity contribution < 1.29 is 77.6 Å². The van der Waals surface area contributed by atoms with Crippen molar-refractivity contribution in [3.63, 3.8) is 0 Å². The number of hydrogen-bond donors (Lipinski definition) is 5. The molecule has 2 aromatic rings. The van der Waals surface area contributed by atoms with Gasteiger partial charge in [-0.05, 0) is 56.5 Å². The first-order chi connectivity index (χ1) is 29.0. The van der Waals surface area contributed by atoms with Gasteiger partial charge in [-0.2, -0.15) is 0 Å². The first-order valence-electron chi connectivity index (χ1n) is 20.7. The first kappa shape index (κ1) is 45.3. The van der Waals surface area contributed by atoms with Crippen molar-refractivity contribution in [1.82, 2.24) is 5.32 Å². The summed E-state index contributed by atoms with van der Waals surface area (Å²) in [4.78, 5) is 69.9. The number of ketones is 1. The molecule has 0 spiro atoms. The van der Waals surface area contributed by atoms with Crippen molar-refractivity contribution in [3.05, 3.63) is 82.9 Å². The number of ether oxygens (including phenoxy) is 7. The summed E-state index contributed by atoms with van der Waals surface area (Å²) < 4.78 is 39.9. The van der Waals surface area contributed by atoms with Crippen LogP contribution in [0.25, 0.3) is 0 Å². The zero-order valence-electron chi connectivity index (χ0n) is 35.7. The molecule has 7 rings (SSSR count). The lowest BCUT2D eigenvalue weighted by Gasteiger charge is -2.66. The number of nitrogens with one attached hydrogen (secondary N) is 1. The molecule has 2 bridgehead atoms. The summed E-state index contributed by atoms with van der Waals surface area (Å²) in [5.41, 5.74) is -7.17. The number of benzene rings is 2. The van der Waals surface area contributed by atoms with E-state index in [2.05, 4.69) is 5.32 Å². The van der Waals surface area contributed by atoms with Crippen LogP contribution in [-0.4, -0.2) is 130 Å². The predicted octanol–water partition coefficient (Wildman–Crippen LogP) is 2.61. The van der Waals surface area contributed by atoms with Gasteiger partial charge in [-0.1, -0.05) is 62.4 Å². The maximum absolute atomic E-state index is 15.0. The van der Waals surface area contributed by atoms with Gasteiger partial charge in [0, 0.05) is 36.7 Å². The van der Waals surface area contributed by atoms with Crippen molar-refractivity contribution in [2.24, 2.45) is 16.7 Å². The molecule has 17 heteroatoms. The molecule has 2 aromatic carbocycles. The van der Waals surface area contributed by atoms with E-state index < -0.39 is 119 Å². The number of fused-ring (bicyclic) bond motifs is 5. The zero-order valence-corrected chi connectivity index (χ0v) is 35.7. The number of amides is 1. The first-order valence-corrected chi connectivity index (χ1v) is 20.7. The third-order valence-electron chi connectivity index (χ3n) is 13.6. The van der Waals surface area contributed by atoms with E-state index in [1.807, 2.05) is 0 Å². The zero-order chi connectivity index (χ0) is 45.2. The molecule has 336 valence electrons. The number of aliphatic hydroxyl groups excluding tert-OH is 2. The molecule has 1 amide bonds. The van der Waals surface area contributed by atoms with Crippen LogP contribution in [0.15, 0.2) is 71.8 Å². The minimum atomic E-state index is -2.36. The molecule has 0 unspecified atom stereocenters. The van der Waals surface area contributed by atoms with Crippen LogP contribution < -0.4 is 5.32 Å².